The maximum Gasteiger partial charge on any atom is 0.235 e. The van der Waals surface area contributed by atoms with E-state index in [-0.39, 0.29) is 11.8 Å². The van der Waals surface area contributed by atoms with Gasteiger partial charge in [-0.3, -0.25) is 4.79 Å². The number of hydrogen-bond acceptors (Lipinski definition) is 3. The molecule has 0 aliphatic rings. The number of benzene rings is 1. The molecular formula is C11H14ClNO3. The highest BCUT2D eigenvalue weighted by Crippen LogP contribution is 2.27. The molecule has 5 heteroatoms. The summed E-state index contributed by atoms with van der Waals surface area (Å²) in [7, 11) is 3.14. The third-order valence-corrected chi connectivity index (χ3v) is 2.30. The fourth-order valence-electron chi connectivity index (χ4n) is 1.24. The Hall–Kier alpha value is -1.42. The van der Waals surface area contributed by atoms with Gasteiger partial charge in [0.2, 0.25) is 5.91 Å². The maximum atomic E-state index is 11.0. The van der Waals surface area contributed by atoms with E-state index in [1.165, 1.54) is 0 Å². The molecular weight excluding hydrogens is 230 g/mol. The Morgan fingerprint density at radius 1 is 1.31 bits per heavy atom. The third kappa shape index (κ3) is 3.31. The van der Waals surface area contributed by atoms with Gasteiger partial charge in [0, 0.05) is 6.54 Å². The molecule has 1 N–H and O–H groups in total. The van der Waals surface area contributed by atoms with Crippen LogP contribution in [0.3, 0.4) is 0 Å². The van der Waals surface area contributed by atoms with Crippen LogP contribution < -0.4 is 14.8 Å². The summed E-state index contributed by atoms with van der Waals surface area (Å²) in [4.78, 5) is 11.0. The third-order valence-electron chi connectivity index (χ3n) is 2.06. The Kier molecular flexibility index (Phi) is 4.92. The predicted octanol–water partition coefficient (Wildman–Crippen LogP) is 1.56. The van der Waals surface area contributed by atoms with Crippen molar-refractivity contribution in [2.24, 2.45) is 0 Å². The van der Waals surface area contributed by atoms with Gasteiger partial charge in [0.25, 0.3) is 0 Å². The smallest absolute Gasteiger partial charge is 0.235 e. The minimum absolute atomic E-state index is 0.0344. The quantitative estimate of drug-likeness (QED) is 0.799. The first kappa shape index (κ1) is 12.6. The monoisotopic (exact) mass is 243 g/mol. The lowest BCUT2D eigenvalue weighted by molar-refractivity contribution is -0.118. The zero-order valence-electron chi connectivity index (χ0n) is 9.25. The molecule has 1 aromatic rings. The molecule has 0 atom stereocenters. The van der Waals surface area contributed by atoms with Gasteiger partial charge in [-0.1, -0.05) is 6.07 Å². The average Bonchev–Trinajstić information content (AvgIpc) is 2.35. The van der Waals surface area contributed by atoms with Gasteiger partial charge in [-0.15, -0.1) is 11.6 Å². The van der Waals surface area contributed by atoms with Crippen LogP contribution in [0, 0.1) is 0 Å². The standard InChI is InChI=1S/C11H14ClNO3/c1-15-9-4-3-8(5-10(9)16-2)7-13-11(14)6-12/h3-5H,6-7H2,1-2H3,(H,13,14). The van der Waals surface area contributed by atoms with Gasteiger partial charge >= 0.3 is 0 Å². The molecule has 0 saturated carbocycles. The molecule has 1 aromatic carbocycles. The number of carbonyl (C=O) groups is 1. The molecule has 1 amide bonds. The fourth-order valence-corrected chi connectivity index (χ4v) is 1.33. The Bertz CT molecular complexity index is 368. The highest BCUT2D eigenvalue weighted by molar-refractivity contribution is 6.27. The van der Waals surface area contributed by atoms with E-state index in [1.807, 2.05) is 12.1 Å². The van der Waals surface area contributed by atoms with Gasteiger partial charge < -0.3 is 14.8 Å². The number of nitrogens with one attached hydrogen (secondary N) is 1. The number of ether oxygens (including phenoxy) is 2. The van der Waals surface area contributed by atoms with Crippen molar-refractivity contribution in [1.29, 1.82) is 0 Å². The molecule has 0 aliphatic carbocycles. The average molecular weight is 244 g/mol. The number of methoxy groups -OCH3 is 2. The van der Waals surface area contributed by atoms with Crippen LogP contribution in [0.25, 0.3) is 0 Å². The number of halogens is 1. The van der Waals surface area contributed by atoms with E-state index in [0.717, 1.165) is 5.56 Å². The summed E-state index contributed by atoms with van der Waals surface area (Å²) in [6.45, 7) is 0.423. The maximum absolute atomic E-state index is 11.0. The number of carbonyl (C=O) groups excluding carboxylic acids is 1. The first-order valence-electron chi connectivity index (χ1n) is 4.74. The molecule has 0 unspecified atom stereocenters. The zero-order chi connectivity index (χ0) is 12.0. The number of alkyl halides is 1. The summed E-state index contributed by atoms with van der Waals surface area (Å²) in [5, 5.41) is 2.67. The first-order chi connectivity index (χ1) is 7.71. The molecule has 88 valence electrons. The van der Waals surface area contributed by atoms with E-state index in [9.17, 15) is 4.79 Å². The summed E-state index contributed by atoms with van der Waals surface area (Å²) < 4.78 is 10.3. The van der Waals surface area contributed by atoms with Crippen LogP contribution in [0.4, 0.5) is 0 Å². The summed E-state index contributed by atoms with van der Waals surface area (Å²) in [6, 6.07) is 5.46. The second kappa shape index (κ2) is 6.23. The lowest BCUT2D eigenvalue weighted by Gasteiger charge is -2.09. The Balaban J connectivity index is 2.71. The van der Waals surface area contributed by atoms with Crippen LogP contribution in [0.2, 0.25) is 0 Å². The number of amides is 1. The minimum atomic E-state index is -0.198. The minimum Gasteiger partial charge on any atom is -0.493 e. The van der Waals surface area contributed by atoms with Gasteiger partial charge in [-0.2, -0.15) is 0 Å². The molecule has 0 saturated heterocycles. The van der Waals surface area contributed by atoms with E-state index in [4.69, 9.17) is 21.1 Å². The zero-order valence-corrected chi connectivity index (χ0v) is 10.0. The summed E-state index contributed by atoms with van der Waals surface area (Å²) >= 11 is 5.37. The van der Waals surface area contributed by atoms with E-state index in [2.05, 4.69) is 5.32 Å². The van der Waals surface area contributed by atoms with E-state index in [1.54, 1.807) is 20.3 Å². The Morgan fingerprint density at radius 3 is 2.56 bits per heavy atom. The van der Waals surface area contributed by atoms with Gasteiger partial charge in [0.1, 0.15) is 5.88 Å². The number of hydrogen-bond donors (Lipinski definition) is 1. The molecule has 0 heterocycles. The van der Waals surface area contributed by atoms with Crippen molar-refractivity contribution >= 4 is 17.5 Å². The van der Waals surface area contributed by atoms with Crippen LogP contribution in [-0.4, -0.2) is 26.0 Å². The van der Waals surface area contributed by atoms with Crippen molar-refractivity contribution in [1.82, 2.24) is 5.32 Å². The van der Waals surface area contributed by atoms with Crippen LogP contribution in [0.1, 0.15) is 5.56 Å². The van der Waals surface area contributed by atoms with Gasteiger partial charge in [0.15, 0.2) is 11.5 Å². The molecule has 16 heavy (non-hydrogen) atoms. The highest BCUT2D eigenvalue weighted by atomic mass is 35.5. The van der Waals surface area contributed by atoms with E-state index in [0.29, 0.717) is 18.0 Å². The molecule has 0 bridgehead atoms. The van der Waals surface area contributed by atoms with Crippen LogP contribution >= 0.6 is 11.6 Å². The largest absolute Gasteiger partial charge is 0.493 e. The first-order valence-corrected chi connectivity index (χ1v) is 5.28. The molecule has 0 aliphatic heterocycles. The van der Waals surface area contributed by atoms with Gasteiger partial charge in [0.05, 0.1) is 14.2 Å². The topological polar surface area (TPSA) is 47.6 Å². The fraction of sp³-hybridized carbons (Fsp3) is 0.364. The SMILES string of the molecule is COc1ccc(CNC(=O)CCl)cc1OC. The normalized spacial score (nSPS) is 9.69. The second-order valence-corrected chi connectivity index (χ2v) is 3.37. The summed E-state index contributed by atoms with van der Waals surface area (Å²) in [5.41, 5.74) is 0.927. The van der Waals surface area contributed by atoms with Crippen molar-refractivity contribution in [3.8, 4) is 11.5 Å². The van der Waals surface area contributed by atoms with Gasteiger partial charge in [-0.25, -0.2) is 0 Å². The Morgan fingerprint density at radius 2 is 2.00 bits per heavy atom. The van der Waals surface area contributed by atoms with Crippen molar-refractivity contribution in [3.63, 3.8) is 0 Å². The van der Waals surface area contributed by atoms with E-state index < -0.39 is 0 Å². The summed E-state index contributed by atoms with van der Waals surface area (Å²) in [6.07, 6.45) is 0. The Labute approximate surface area is 99.5 Å². The molecule has 1 rings (SSSR count). The van der Waals surface area contributed by atoms with E-state index >= 15 is 0 Å². The van der Waals surface area contributed by atoms with Crippen molar-refractivity contribution in [2.45, 2.75) is 6.54 Å². The van der Waals surface area contributed by atoms with Crippen molar-refractivity contribution < 1.29 is 14.3 Å². The highest BCUT2D eigenvalue weighted by Gasteiger charge is 2.05. The summed E-state index contributed by atoms with van der Waals surface area (Å²) in [5.74, 6) is 1.07. The van der Waals surface area contributed by atoms with Gasteiger partial charge in [-0.05, 0) is 17.7 Å². The van der Waals surface area contributed by atoms with Crippen LogP contribution in [-0.2, 0) is 11.3 Å². The molecule has 0 aromatic heterocycles. The number of rotatable bonds is 5. The molecule has 4 nitrogen and oxygen atoms in total. The van der Waals surface area contributed by atoms with Crippen LogP contribution in [0.15, 0.2) is 18.2 Å². The van der Waals surface area contributed by atoms with Crippen molar-refractivity contribution in [2.75, 3.05) is 20.1 Å². The van der Waals surface area contributed by atoms with Crippen LogP contribution in [0.5, 0.6) is 11.5 Å². The van der Waals surface area contributed by atoms with Crippen molar-refractivity contribution in [3.05, 3.63) is 23.8 Å². The molecule has 0 radical (unpaired) electrons. The lowest BCUT2D eigenvalue weighted by Crippen LogP contribution is -2.23. The predicted molar refractivity (Wildman–Crippen MR) is 62.1 cm³/mol. The molecule has 0 fully saturated rings. The lowest BCUT2D eigenvalue weighted by atomic mass is 10.2. The molecule has 0 spiro atoms. The second-order valence-electron chi connectivity index (χ2n) is 3.10.